The van der Waals surface area contributed by atoms with Crippen LogP contribution in [-0.4, -0.2) is 48.6 Å². The lowest BCUT2D eigenvalue weighted by atomic mass is 9.46. The van der Waals surface area contributed by atoms with Crippen LogP contribution in [0.25, 0.3) is 0 Å². The van der Waals surface area contributed by atoms with Crippen molar-refractivity contribution in [2.24, 2.45) is 34.5 Å². The summed E-state index contributed by atoms with van der Waals surface area (Å²) in [5.41, 5.74) is 1.26. The van der Waals surface area contributed by atoms with Crippen LogP contribution in [0.3, 0.4) is 0 Å². The predicted molar refractivity (Wildman–Crippen MR) is 107 cm³/mol. The van der Waals surface area contributed by atoms with Crippen molar-refractivity contribution in [3.63, 3.8) is 0 Å². The number of aliphatic hydroxyl groups excluding tert-OH is 1. The molecule has 0 amide bonds. The molecular weight excluding hydrogens is 384 g/mol. The molecular formula is C24H32O6. The summed E-state index contributed by atoms with van der Waals surface area (Å²) in [7, 11) is 0. The van der Waals surface area contributed by atoms with E-state index in [0.717, 1.165) is 45.1 Å². The molecule has 3 saturated carbocycles. The van der Waals surface area contributed by atoms with Gasteiger partial charge in [0.15, 0.2) is 11.6 Å². The highest BCUT2D eigenvalue weighted by Crippen LogP contribution is 2.68. The monoisotopic (exact) mass is 416 g/mol. The quantitative estimate of drug-likeness (QED) is 0.693. The van der Waals surface area contributed by atoms with Gasteiger partial charge in [0.1, 0.15) is 6.61 Å². The number of esters is 1. The van der Waals surface area contributed by atoms with Gasteiger partial charge in [0, 0.05) is 17.8 Å². The topological polar surface area (TPSA) is 89.9 Å². The number of hydrogen-bond acceptors (Lipinski definition) is 6. The number of Topliss-reactive ketones (excluding diaryl/α,β-unsaturated/α-hetero) is 1. The molecule has 2 bridgehead atoms. The average Bonchev–Trinajstić information content (AvgIpc) is 3.20. The van der Waals surface area contributed by atoms with E-state index in [1.165, 1.54) is 5.57 Å². The number of aliphatic hydroxyl groups is 1. The number of rotatable bonds is 5. The van der Waals surface area contributed by atoms with Crippen molar-refractivity contribution in [2.45, 2.75) is 64.4 Å². The summed E-state index contributed by atoms with van der Waals surface area (Å²) in [6.07, 6.45) is 8.41. The molecule has 1 aliphatic heterocycles. The van der Waals surface area contributed by atoms with E-state index in [1.807, 2.05) is 6.08 Å². The Morgan fingerprint density at radius 1 is 1.23 bits per heavy atom. The summed E-state index contributed by atoms with van der Waals surface area (Å²) in [5, 5.41) is 8.84. The fraction of sp³-hybridized carbons (Fsp3) is 0.792. The van der Waals surface area contributed by atoms with Gasteiger partial charge in [-0.25, -0.2) is 0 Å². The molecule has 6 nitrogen and oxygen atoms in total. The van der Waals surface area contributed by atoms with Crippen LogP contribution in [0.2, 0.25) is 0 Å². The van der Waals surface area contributed by atoms with Crippen LogP contribution in [0.15, 0.2) is 11.6 Å². The Kier molecular flexibility index (Phi) is 4.93. The summed E-state index contributed by atoms with van der Waals surface area (Å²) in [6, 6.07) is 0. The Morgan fingerprint density at radius 2 is 2.07 bits per heavy atom. The molecule has 0 radical (unpaired) electrons. The minimum absolute atomic E-state index is 0.0294. The molecule has 164 valence electrons. The number of fused-ring (bicyclic) bond motifs is 3. The third-order valence-electron chi connectivity index (χ3n) is 9.31. The van der Waals surface area contributed by atoms with Crippen LogP contribution in [0.1, 0.15) is 58.3 Å². The van der Waals surface area contributed by atoms with Crippen molar-refractivity contribution in [3.8, 4) is 0 Å². The number of hydrogen-bond donors (Lipinski definition) is 1. The molecule has 4 fully saturated rings. The first-order valence-electron chi connectivity index (χ1n) is 11.5. The summed E-state index contributed by atoms with van der Waals surface area (Å²) < 4.78 is 11.3. The van der Waals surface area contributed by atoms with Gasteiger partial charge in [-0.1, -0.05) is 6.92 Å². The molecule has 30 heavy (non-hydrogen) atoms. The summed E-state index contributed by atoms with van der Waals surface area (Å²) in [6.45, 7) is 2.59. The van der Waals surface area contributed by atoms with Crippen LogP contribution >= 0.6 is 0 Å². The number of carbonyl (C=O) groups excluding carboxylic acids is 3. The van der Waals surface area contributed by atoms with Gasteiger partial charge in [-0.15, -0.1) is 0 Å². The first kappa shape index (κ1) is 20.4. The van der Waals surface area contributed by atoms with Crippen molar-refractivity contribution in [3.05, 3.63) is 11.6 Å². The third kappa shape index (κ3) is 2.86. The van der Waals surface area contributed by atoms with Gasteiger partial charge in [0.05, 0.1) is 25.7 Å². The lowest BCUT2D eigenvalue weighted by molar-refractivity contribution is -0.151. The Bertz CT molecular complexity index is 802. The lowest BCUT2D eigenvalue weighted by Gasteiger charge is -2.56. The molecule has 1 saturated heterocycles. The summed E-state index contributed by atoms with van der Waals surface area (Å²) >= 11 is 0. The minimum atomic E-state index is -0.513. The van der Waals surface area contributed by atoms with E-state index in [-0.39, 0.29) is 54.1 Å². The molecule has 6 heteroatoms. The van der Waals surface area contributed by atoms with Crippen LogP contribution in [0.5, 0.6) is 0 Å². The molecule has 5 rings (SSSR count). The SMILES string of the molecule is C[C@]12CCC3C(C[C@@H]4OC[C@@]35CCC(=O)C=C45)C1CC[C@@H]2C(=O)COC(=O)CCO. The number of ketones is 2. The van der Waals surface area contributed by atoms with E-state index in [9.17, 15) is 14.4 Å². The van der Waals surface area contributed by atoms with E-state index < -0.39 is 5.97 Å². The van der Waals surface area contributed by atoms with Crippen LogP contribution in [-0.2, 0) is 23.9 Å². The molecule has 0 aromatic heterocycles. The molecule has 1 heterocycles. The van der Waals surface area contributed by atoms with Crippen LogP contribution in [0.4, 0.5) is 0 Å². The van der Waals surface area contributed by atoms with Gasteiger partial charge in [-0.3, -0.25) is 14.4 Å². The maximum atomic E-state index is 13.0. The Balaban J connectivity index is 1.35. The number of carbonyl (C=O) groups is 3. The molecule has 1 N–H and O–H groups in total. The van der Waals surface area contributed by atoms with Gasteiger partial charge in [0.25, 0.3) is 0 Å². The van der Waals surface area contributed by atoms with Crippen molar-refractivity contribution < 1.29 is 29.0 Å². The molecule has 0 aromatic carbocycles. The maximum absolute atomic E-state index is 13.0. The first-order valence-corrected chi connectivity index (χ1v) is 11.5. The van der Waals surface area contributed by atoms with E-state index in [0.29, 0.717) is 24.2 Å². The second-order valence-electron chi connectivity index (χ2n) is 10.4. The Hall–Kier alpha value is -1.53. The highest BCUT2D eigenvalue weighted by molar-refractivity contribution is 5.92. The zero-order chi connectivity index (χ0) is 21.1. The predicted octanol–water partition coefficient (Wildman–Crippen LogP) is 2.62. The van der Waals surface area contributed by atoms with Crippen LogP contribution in [0, 0.1) is 34.5 Å². The maximum Gasteiger partial charge on any atom is 0.308 e. The van der Waals surface area contributed by atoms with Gasteiger partial charge in [0.2, 0.25) is 0 Å². The molecule has 0 spiro atoms. The van der Waals surface area contributed by atoms with E-state index >= 15 is 0 Å². The first-order chi connectivity index (χ1) is 14.4. The fourth-order valence-corrected chi connectivity index (χ4v) is 7.98. The summed E-state index contributed by atoms with van der Waals surface area (Å²) in [5.74, 6) is 1.27. The molecule has 5 aliphatic rings. The Labute approximate surface area is 177 Å². The van der Waals surface area contributed by atoms with Gasteiger partial charge >= 0.3 is 5.97 Å². The average molecular weight is 417 g/mol. The zero-order valence-corrected chi connectivity index (χ0v) is 17.7. The van der Waals surface area contributed by atoms with Crippen molar-refractivity contribution >= 4 is 17.5 Å². The fourth-order valence-electron chi connectivity index (χ4n) is 7.98. The molecule has 4 aliphatic carbocycles. The van der Waals surface area contributed by atoms with Crippen molar-refractivity contribution in [1.82, 2.24) is 0 Å². The molecule has 7 atom stereocenters. The van der Waals surface area contributed by atoms with E-state index in [2.05, 4.69) is 6.92 Å². The second kappa shape index (κ2) is 7.27. The number of ether oxygens (including phenoxy) is 2. The van der Waals surface area contributed by atoms with Crippen molar-refractivity contribution in [2.75, 3.05) is 19.8 Å². The third-order valence-corrected chi connectivity index (χ3v) is 9.31. The second-order valence-corrected chi connectivity index (χ2v) is 10.4. The molecule has 0 aromatic rings. The molecule has 3 unspecified atom stereocenters. The summed E-state index contributed by atoms with van der Waals surface area (Å²) in [4.78, 5) is 36.6. The van der Waals surface area contributed by atoms with Crippen LogP contribution < -0.4 is 0 Å². The van der Waals surface area contributed by atoms with Gasteiger partial charge < -0.3 is 14.6 Å². The lowest BCUT2D eigenvalue weighted by Crippen LogP contribution is -2.53. The van der Waals surface area contributed by atoms with Gasteiger partial charge in [-0.2, -0.15) is 0 Å². The van der Waals surface area contributed by atoms with E-state index in [1.54, 1.807) is 0 Å². The minimum Gasteiger partial charge on any atom is -0.458 e. The van der Waals surface area contributed by atoms with E-state index in [4.69, 9.17) is 14.6 Å². The largest absolute Gasteiger partial charge is 0.458 e. The normalized spacial score (nSPS) is 44.0. The highest BCUT2D eigenvalue weighted by atomic mass is 16.5. The zero-order valence-electron chi connectivity index (χ0n) is 17.7. The highest BCUT2D eigenvalue weighted by Gasteiger charge is 2.65. The van der Waals surface area contributed by atoms with Crippen molar-refractivity contribution in [1.29, 1.82) is 0 Å². The standard InChI is InChI=1S/C24H32O6/c1-23-7-5-17-15(11-21-19-10-14(26)4-8-24(17,19)13-30-21)16(23)2-3-18(23)20(27)12-29-22(28)6-9-25/h10,15-18,21,25H,2-9,11-13H2,1H3/t15?,16?,17?,18-,21+,23+,24+/m1/s1. The Morgan fingerprint density at radius 3 is 2.87 bits per heavy atom. The smallest absolute Gasteiger partial charge is 0.308 e. The van der Waals surface area contributed by atoms with Gasteiger partial charge in [-0.05, 0) is 73.3 Å².